The molecule has 11 heteroatoms. The van der Waals surface area contributed by atoms with Gasteiger partial charge in [-0.25, -0.2) is 19.4 Å². The second-order valence-corrected chi connectivity index (χ2v) is 8.69. The number of nitrogens with zero attached hydrogens (tertiary/aromatic N) is 6. The quantitative estimate of drug-likeness (QED) is 0.287. The van der Waals surface area contributed by atoms with E-state index in [4.69, 9.17) is 4.74 Å². The van der Waals surface area contributed by atoms with Crippen LogP contribution in [0.5, 0.6) is 11.6 Å². The molecule has 1 fully saturated rings. The Morgan fingerprint density at radius 3 is 2.76 bits per heavy atom. The van der Waals surface area contributed by atoms with Gasteiger partial charge in [-0.2, -0.15) is 5.26 Å². The zero-order chi connectivity index (χ0) is 26.5. The fourth-order valence-corrected chi connectivity index (χ4v) is 3.90. The van der Waals surface area contributed by atoms with Gasteiger partial charge in [0.05, 0.1) is 0 Å². The lowest BCUT2D eigenvalue weighted by Gasteiger charge is -2.32. The topological polar surface area (TPSA) is 123 Å². The maximum Gasteiger partial charge on any atom is 0.249 e. The maximum atomic E-state index is 15.0. The molecule has 1 aliphatic heterocycles. The minimum atomic E-state index is -0.571. The highest BCUT2D eigenvalue weighted by Gasteiger charge is 2.20. The molecule has 0 radical (unpaired) electrons. The minimum absolute atomic E-state index is 0.0454. The van der Waals surface area contributed by atoms with E-state index in [9.17, 15) is 10.1 Å². The first-order valence-corrected chi connectivity index (χ1v) is 11.6. The van der Waals surface area contributed by atoms with E-state index in [0.717, 1.165) is 18.8 Å². The molecule has 1 aliphatic rings. The summed E-state index contributed by atoms with van der Waals surface area (Å²) in [5.74, 6) is -0.474. The van der Waals surface area contributed by atoms with Gasteiger partial charge in [0.15, 0.2) is 22.9 Å². The first-order chi connectivity index (χ1) is 17.8. The van der Waals surface area contributed by atoms with Crippen LogP contribution >= 0.6 is 0 Å². The molecule has 1 aromatic carbocycles. The number of ether oxygens (including phenoxy) is 1. The molecule has 0 aliphatic carbocycles. The van der Waals surface area contributed by atoms with Gasteiger partial charge in [-0.05, 0) is 51.9 Å². The normalized spacial score (nSPS) is 14.9. The van der Waals surface area contributed by atoms with Gasteiger partial charge in [0.2, 0.25) is 11.8 Å². The van der Waals surface area contributed by atoms with Crippen LogP contribution in [0, 0.1) is 24.1 Å². The Kier molecular flexibility index (Phi) is 7.60. The number of halogens is 1. The van der Waals surface area contributed by atoms with Gasteiger partial charge < -0.3 is 24.8 Å². The molecule has 37 heavy (non-hydrogen) atoms. The summed E-state index contributed by atoms with van der Waals surface area (Å²) in [6, 6.07) is 6.82. The third kappa shape index (κ3) is 5.65. The van der Waals surface area contributed by atoms with Crippen molar-refractivity contribution in [3.05, 3.63) is 65.1 Å². The Morgan fingerprint density at radius 2 is 2.05 bits per heavy atom. The van der Waals surface area contributed by atoms with Crippen LogP contribution in [0.3, 0.4) is 0 Å². The Balaban J connectivity index is 1.54. The number of hydrogen-bond donors (Lipinski definition) is 2. The van der Waals surface area contributed by atoms with E-state index in [1.54, 1.807) is 36.1 Å². The average molecular weight is 503 g/mol. The monoisotopic (exact) mass is 502 g/mol. The summed E-state index contributed by atoms with van der Waals surface area (Å²) >= 11 is 0. The van der Waals surface area contributed by atoms with Crippen LogP contribution in [0.1, 0.15) is 18.2 Å². The number of carbonyl (C=O) groups is 1. The van der Waals surface area contributed by atoms with Crippen molar-refractivity contribution in [2.75, 3.05) is 38.5 Å². The number of allylic oxidation sites excluding steroid dienone is 2. The summed E-state index contributed by atoms with van der Waals surface area (Å²) < 4.78 is 20.7. The molecule has 0 bridgehead atoms. The highest BCUT2D eigenvalue weighted by atomic mass is 19.1. The lowest BCUT2D eigenvalue weighted by Crippen LogP contribution is -2.47. The Morgan fingerprint density at radius 1 is 1.30 bits per heavy atom. The van der Waals surface area contributed by atoms with Crippen molar-refractivity contribution in [2.24, 2.45) is 4.99 Å². The average Bonchev–Trinajstić information content (AvgIpc) is 3.29. The number of aryl methyl sites for hydroxylation is 1. The van der Waals surface area contributed by atoms with E-state index in [2.05, 4.69) is 36.9 Å². The molecule has 0 saturated carbocycles. The third-order valence-corrected chi connectivity index (χ3v) is 6.00. The van der Waals surface area contributed by atoms with E-state index in [0.29, 0.717) is 29.6 Å². The van der Waals surface area contributed by atoms with Gasteiger partial charge in [-0.3, -0.25) is 4.79 Å². The largest absolute Gasteiger partial charge is 0.434 e. The smallest absolute Gasteiger partial charge is 0.249 e. The van der Waals surface area contributed by atoms with Crippen LogP contribution in [-0.4, -0.2) is 70.6 Å². The summed E-state index contributed by atoms with van der Waals surface area (Å²) in [7, 11) is 2.03. The van der Waals surface area contributed by atoms with Crippen molar-refractivity contribution in [1.82, 2.24) is 24.8 Å². The van der Waals surface area contributed by atoms with Gasteiger partial charge in [-0.1, -0.05) is 6.08 Å². The van der Waals surface area contributed by atoms with Crippen molar-refractivity contribution >= 4 is 29.3 Å². The molecule has 0 spiro atoms. The molecule has 2 N–H and O–H groups in total. The lowest BCUT2D eigenvalue weighted by atomic mass is 10.2. The fourth-order valence-electron chi connectivity index (χ4n) is 3.90. The molecular formula is C26H27FN8O2. The molecule has 3 aromatic rings. The number of nitriles is 1. The number of benzene rings is 1. The first-order valence-electron chi connectivity index (χ1n) is 11.6. The molecule has 1 amide bonds. The van der Waals surface area contributed by atoms with Gasteiger partial charge in [0.25, 0.3) is 0 Å². The zero-order valence-corrected chi connectivity index (χ0v) is 20.9. The lowest BCUT2D eigenvalue weighted by molar-refractivity contribution is -0.128. The summed E-state index contributed by atoms with van der Waals surface area (Å²) in [5, 5.41) is 13.1. The van der Waals surface area contributed by atoms with Gasteiger partial charge in [0, 0.05) is 48.3 Å². The number of H-pyrrole nitrogens is 1. The van der Waals surface area contributed by atoms with Crippen molar-refractivity contribution < 1.29 is 13.9 Å². The van der Waals surface area contributed by atoms with Crippen molar-refractivity contribution in [3.8, 4) is 17.7 Å². The van der Waals surface area contributed by atoms with Crippen LogP contribution < -0.4 is 10.1 Å². The number of carbonyl (C=O) groups excluding carboxylic acids is 1. The molecule has 2 aromatic heterocycles. The fraction of sp³-hybridized carbons (Fsp3) is 0.269. The number of nitrogens with one attached hydrogen (secondary N) is 2. The van der Waals surface area contributed by atoms with Crippen LogP contribution in [0.25, 0.3) is 10.9 Å². The van der Waals surface area contributed by atoms with Gasteiger partial charge >= 0.3 is 0 Å². The SMILES string of the molecule is C=N/C(=C\C=C(/C)C(=O)N1CCN(C)CC1)Nc1ncnc(Oc2ccc3[nH]c(C)cc3c2F)c1C#N. The summed E-state index contributed by atoms with van der Waals surface area (Å²) in [6.45, 7) is 10.1. The molecule has 10 nitrogen and oxygen atoms in total. The van der Waals surface area contributed by atoms with E-state index in [1.807, 2.05) is 20.0 Å². The highest BCUT2D eigenvalue weighted by molar-refractivity contribution is 5.93. The van der Waals surface area contributed by atoms with Gasteiger partial charge in [-0.15, -0.1) is 0 Å². The second-order valence-electron chi connectivity index (χ2n) is 8.69. The number of aromatic nitrogens is 3. The molecule has 0 unspecified atom stereocenters. The van der Waals surface area contributed by atoms with E-state index in [1.165, 1.54) is 12.4 Å². The molecule has 1 saturated heterocycles. The Bertz CT molecular complexity index is 1440. The number of aromatic amines is 1. The minimum Gasteiger partial charge on any atom is -0.434 e. The highest BCUT2D eigenvalue weighted by Crippen LogP contribution is 2.32. The van der Waals surface area contributed by atoms with Gasteiger partial charge in [0.1, 0.15) is 18.2 Å². The Labute approximate surface area is 213 Å². The number of anilines is 1. The van der Waals surface area contributed by atoms with E-state index >= 15 is 4.39 Å². The van der Waals surface area contributed by atoms with Crippen LogP contribution in [-0.2, 0) is 4.79 Å². The number of hydrogen-bond acceptors (Lipinski definition) is 8. The molecular weight excluding hydrogens is 475 g/mol. The molecule has 4 rings (SSSR count). The molecule has 190 valence electrons. The summed E-state index contributed by atoms with van der Waals surface area (Å²) in [6.07, 6.45) is 4.39. The number of piperazine rings is 1. The predicted octanol–water partition coefficient (Wildman–Crippen LogP) is 3.74. The number of likely N-dealkylation sites (N-methyl/N-ethyl adjacent to an activating group) is 1. The van der Waals surface area contributed by atoms with E-state index in [-0.39, 0.29) is 34.7 Å². The Hall–Kier alpha value is -4.56. The maximum absolute atomic E-state index is 15.0. The van der Waals surface area contributed by atoms with Crippen molar-refractivity contribution in [3.63, 3.8) is 0 Å². The van der Waals surface area contributed by atoms with Crippen LogP contribution in [0.2, 0.25) is 0 Å². The third-order valence-electron chi connectivity index (χ3n) is 6.00. The summed E-state index contributed by atoms with van der Waals surface area (Å²) in [5.41, 5.74) is 1.93. The molecule has 3 heterocycles. The number of aliphatic imine (C=N–C) groups is 1. The van der Waals surface area contributed by atoms with E-state index < -0.39 is 5.82 Å². The zero-order valence-electron chi connectivity index (χ0n) is 20.9. The number of fused-ring (bicyclic) bond motifs is 1. The summed E-state index contributed by atoms with van der Waals surface area (Å²) in [4.78, 5) is 31.8. The second kappa shape index (κ2) is 11.0. The van der Waals surface area contributed by atoms with Crippen molar-refractivity contribution in [1.29, 1.82) is 5.26 Å². The van der Waals surface area contributed by atoms with Crippen LogP contribution in [0.15, 0.2) is 53.1 Å². The number of rotatable bonds is 7. The molecule has 0 atom stereocenters. The van der Waals surface area contributed by atoms with Crippen molar-refractivity contribution in [2.45, 2.75) is 13.8 Å². The first kappa shape index (κ1) is 25.5. The van der Waals surface area contributed by atoms with Crippen LogP contribution in [0.4, 0.5) is 10.2 Å². The standard InChI is InChI=1S/C26H27FN8O2/c1-16(26(36)35-11-9-34(4)10-12-35)5-8-22(29-3)33-24-19(14-28)25(31-15-30-24)37-21-7-6-20-18(23(21)27)13-17(2)32-20/h5-8,13,15,32H,3,9-12H2,1-2,4H3,(H,30,31,33)/b16-5+,22-8+. The predicted molar refractivity (Wildman–Crippen MR) is 139 cm³/mol. The number of amides is 1.